The van der Waals surface area contributed by atoms with Crippen LogP contribution in [0.5, 0.6) is 5.75 Å². The maximum absolute atomic E-state index is 13.8. The summed E-state index contributed by atoms with van der Waals surface area (Å²) in [5.74, 6) is -1.62. The zero-order valence-electron chi connectivity index (χ0n) is 20.5. The summed E-state index contributed by atoms with van der Waals surface area (Å²) in [6.45, 7) is 3.28. The van der Waals surface area contributed by atoms with E-state index in [9.17, 15) is 18.0 Å². The van der Waals surface area contributed by atoms with Gasteiger partial charge in [-0.25, -0.2) is 8.78 Å². The fourth-order valence-corrected chi connectivity index (χ4v) is 4.54. The van der Waals surface area contributed by atoms with E-state index in [4.69, 9.17) is 10.5 Å². The smallest absolute Gasteiger partial charge is 0.316 e. The fourth-order valence-electron chi connectivity index (χ4n) is 4.54. The quantitative estimate of drug-likeness (QED) is 0.441. The van der Waals surface area contributed by atoms with Gasteiger partial charge in [-0.1, -0.05) is 12.1 Å². The Hall–Kier alpha value is -3.53. The number of nitrogens with two attached hydrogens (primary N) is 1. The van der Waals surface area contributed by atoms with Gasteiger partial charge in [0.15, 0.2) is 0 Å². The van der Waals surface area contributed by atoms with Crippen molar-refractivity contribution in [3.63, 3.8) is 0 Å². The molecule has 2 N–H and O–H groups in total. The molecular formula is C27H30F3N5O2. The van der Waals surface area contributed by atoms with Gasteiger partial charge in [0.25, 0.3) is 0 Å². The molecule has 7 nitrogen and oxygen atoms in total. The topological polar surface area (TPSA) is 76.6 Å². The van der Waals surface area contributed by atoms with Crippen molar-refractivity contribution in [1.82, 2.24) is 14.7 Å². The monoisotopic (exact) mass is 513 g/mol. The molecule has 2 aromatic carbocycles. The molecule has 0 unspecified atom stereocenters. The van der Waals surface area contributed by atoms with Gasteiger partial charge in [0.2, 0.25) is 5.75 Å². The fraction of sp³-hybridized carbons (Fsp3) is 0.407. The minimum absolute atomic E-state index is 0.0229. The zero-order valence-corrected chi connectivity index (χ0v) is 20.5. The Kier molecular flexibility index (Phi) is 7.10. The Labute approximate surface area is 213 Å². The average molecular weight is 514 g/mol. The van der Waals surface area contributed by atoms with Gasteiger partial charge in [-0.05, 0) is 49.1 Å². The van der Waals surface area contributed by atoms with Crippen molar-refractivity contribution in [1.29, 1.82) is 0 Å². The summed E-state index contributed by atoms with van der Waals surface area (Å²) in [6, 6.07) is 10.7. The highest BCUT2D eigenvalue weighted by Crippen LogP contribution is 2.46. The standard InChI is InChI=1S/C27H30F3N5O2/c28-17-27(6-7-27)18-37-25-24(16-32-35(26(25)36)23-14-20(29)13-21(30)15-23)34-11-9-33(10-12-34)8-5-19-1-3-22(31)4-2-19/h1-4,13-16H,5-12,17-18,31H2. The second-order valence-corrected chi connectivity index (χ2v) is 9.95. The van der Waals surface area contributed by atoms with E-state index in [0.29, 0.717) is 31.6 Å². The van der Waals surface area contributed by atoms with Crippen molar-refractivity contribution in [3.8, 4) is 11.4 Å². The number of hydrogen-bond donors (Lipinski definition) is 1. The Morgan fingerprint density at radius 3 is 2.30 bits per heavy atom. The van der Waals surface area contributed by atoms with E-state index in [-0.39, 0.29) is 18.0 Å². The van der Waals surface area contributed by atoms with Gasteiger partial charge in [-0.3, -0.25) is 14.1 Å². The third kappa shape index (κ3) is 5.74. The lowest BCUT2D eigenvalue weighted by molar-refractivity contribution is 0.196. The molecule has 10 heteroatoms. The summed E-state index contributed by atoms with van der Waals surface area (Å²) in [7, 11) is 0. The molecule has 2 aliphatic rings. The lowest BCUT2D eigenvalue weighted by Crippen LogP contribution is -2.47. The number of alkyl halides is 1. The first-order valence-corrected chi connectivity index (χ1v) is 12.5. The van der Waals surface area contributed by atoms with Crippen LogP contribution in [-0.4, -0.2) is 60.7 Å². The molecule has 5 rings (SSSR count). The van der Waals surface area contributed by atoms with Crippen LogP contribution in [0.1, 0.15) is 18.4 Å². The molecule has 196 valence electrons. The maximum Gasteiger partial charge on any atom is 0.316 e. The van der Waals surface area contributed by atoms with E-state index in [2.05, 4.69) is 10.00 Å². The number of halogens is 3. The van der Waals surface area contributed by atoms with Crippen molar-refractivity contribution in [2.45, 2.75) is 19.3 Å². The number of hydrogen-bond acceptors (Lipinski definition) is 6. The SMILES string of the molecule is Nc1ccc(CCN2CCN(c3cnn(-c4cc(F)cc(F)c4)c(=O)c3OCC3(CF)CC3)CC2)cc1. The molecule has 1 aromatic heterocycles. The van der Waals surface area contributed by atoms with E-state index in [1.165, 1.54) is 11.8 Å². The number of aromatic nitrogens is 2. The summed E-state index contributed by atoms with van der Waals surface area (Å²) in [6.07, 6.45) is 3.78. The highest BCUT2D eigenvalue weighted by Gasteiger charge is 2.44. The van der Waals surface area contributed by atoms with Crippen molar-refractivity contribution in [2.75, 3.05) is 56.6 Å². The van der Waals surface area contributed by atoms with Crippen molar-refractivity contribution < 1.29 is 17.9 Å². The Balaban J connectivity index is 1.34. The average Bonchev–Trinajstić information content (AvgIpc) is 3.68. The van der Waals surface area contributed by atoms with E-state index < -0.39 is 29.3 Å². The summed E-state index contributed by atoms with van der Waals surface area (Å²) in [5, 5.41) is 4.20. The summed E-state index contributed by atoms with van der Waals surface area (Å²) >= 11 is 0. The number of rotatable bonds is 9. The molecule has 0 radical (unpaired) electrons. The van der Waals surface area contributed by atoms with Crippen LogP contribution in [0.15, 0.2) is 53.5 Å². The first kappa shape index (κ1) is 25.1. The van der Waals surface area contributed by atoms with Crippen LogP contribution in [0, 0.1) is 17.0 Å². The van der Waals surface area contributed by atoms with Crippen LogP contribution in [0.3, 0.4) is 0 Å². The Morgan fingerprint density at radius 2 is 1.68 bits per heavy atom. The molecule has 1 saturated carbocycles. The van der Waals surface area contributed by atoms with Gasteiger partial charge in [-0.15, -0.1) is 0 Å². The van der Waals surface area contributed by atoms with Crippen molar-refractivity contribution >= 4 is 11.4 Å². The van der Waals surface area contributed by atoms with Crippen LogP contribution in [0.4, 0.5) is 24.5 Å². The van der Waals surface area contributed by atoms with Gasteiger partial charge in [0, 0.05) is 49.9 Å². The second kappa shape index (κ2) is 10.5. The molecule has 1 aliphatic carbocycles. The predicted octanol–water partition coefficient (Wildman–Crippen LogP) is 3.59. The van der Waals surface area contributed by atoms with E-state index in [1.807, 2.05) is 29.2 Å². The van der Waals surface area contributed by atoms with E-state index in [0.717, 1.165) is 54.6 Å². The Bertz CT molecular complexity index is 1280. The maximum atomic E-state index is 13.8. The van der Waals surface area contributed by atoms with Gasteiger partial charge in [-0.2, -0.15) is 9.78 Å². The van der Waals surface area contributed by atoms with Crippen LogP contribution < -0.4 is 20.9 Å². The molecule has 0 spiro atoms. The molecule has 1 saturated heterocycles. The van der Waals surface area contributed by atoms with Gasteiger partial charge < -0.3 is 15.4 Å². The summed E-state index contributed by atoms with van der Waals surface area (Å²) in [5.41, 5.74) is 6.99. The molecule has 3 aromatic rings. The highest BCUT2D eigenvalue weighted by molar-refractivity contribution is 5.57. The first-order valence-electron chi connectivity index (χ1n) is 12.5. The lowest BCUT2D eigenvalue weighted by atomic mass is 10.1. The van der Waals surface area contributed by atoms with Crippen LogP contribution in [-0.2, 0) is 6.42 Å². The third-order valence-electron chi connectivity index (χ3n) is 7.18. The number of anilines is 2. The molecule has 0 amide bonds. The molecule has 1 aliphatic heterocycles. The molecular weight excluding hydrogens is 483 g/mol. The number of ether oxygens (including phenoxy) is 1. The number of nitrogens with zero attached hydrogens (tertiary/aromatic N) is 4. The summed E-state index contributed by atoms with van der Waals surface area (Å²) in [4.78, 5) is 17.8. The number of piperazine rings is 1. The van der Waals surface area contributed by atoms with Crippen LogP contribution in [0.25, 0.3) is 5.69 Å². The lowest BCUT2D eigenvalue weighted by Gasteiger charge is -2.36. The minimum Gasteiger partial charge on any atom is -0.486 e. The molecule has 2 heterocycles. The van der Waals surface area contributed by atoms with Gasteiger partial charge in [0.05, 0.1) is 25.2 Å². The highest BCUT2D eigenvalue weighted by atomic mass is 19.1. The van der Waals surface area contributed by atoms with Crippen LogP contribution >= 0.6 is 0 Å². The normalized spacial score (nSPS) is 17.1. The van der Waals surface area contributed by atoms with E-state index in [1.54, 1.807) is 0 Å². The number of nitrogen functional groups attached to an aromatic ring is 1. The number of benzene rings is 2. The third-order valence-corrected chi connectivity index (χ3v) is 7.18. The summed E-state index contributed by atoms with van der Waals surface area (Å²) < 4.78 is 48.0. The largest absolute Gasteiger partial charge is 0.486 e. The molecule has 37 heavy (non-hydrogen) atoms. The first-order chi connectivity index (χ1) is 17.9. The van der Waals surface area contributed by atoms with Crippen molar-refractivity contribution in [2.24, 2.45) is 5.41 Å². The molecule has 2 fully saturated rings. The predicted molar refractivity (Wildman–Crippen MR) is 136 cm³/mol. The minimum atomic E-state index is -0.820. The Morgan fingerprint density at radius 1 is 1.00 bits per heavy atom. The van der Waals surface area contributed by atoms with E-state index >= 15 is 0 Å². The molecule has 0 bridgehead atoms. The molecule has 0 atom stereocenters. The zero-order chi connectivity index (χ0) is 26.0. The second-order valence-electron chi connectivity index (χ2n) is 9.95. The van der Waals surface area contributed by atoms with Gasteiger partial charge in [0.1, 0.15) is 17.3 Å². The van der Waals surface area contributed by atoms with Gasteiger partial charge >= 0.3 is 5.56 Å². The van der Waals surface area contributed by atoms with Crippen LogP contribution in [0.2, 0.25) is 0 Å². The van der Waals surface area contributed by atoms with Crippen molar-refractivity contribution in [3.05, 3.63) is 76.2 Å².